The number of ether oxygens (including phenoxy) is 1. The quantitative estimate of drug-likeness (QED) is 0.336. The number of aliphatic carboxylic acids is 1. The maximum atomic E-state index is 10.6. The first-order valence-corrected chi connectivity index (χ1v) is 7.31. The predicted molar refractivity (Wildman–Crippen MR) is 97.0 cm³/mol. The molecule has 132 valence electrons. The summed E-state index contributed by atoms with van der Waals surface area (Å²) in [5, 5.41) is 7.89. The van der Waals surface area contributed by atoms with Crippen LogP contribution in [-0.4, -0.2) is 17.0 Å². The molecule has 0 aromatic rings. The fourth-order valence-corrected chi connectivity index (χ4v) is 0.704. The summed E-state index contributed by atoms with van der Waals surface area (Å²) < 4.78 is 4.81. The van der Waals surface area contributed by atoms with Crippen LogP contribution in [0.5, 0.6) is 0 Å². The minimum absolute atomic E-state index is 0.176. The van der Waals surface area contributed by atoms with E-state index in [0.29, 0.717) is 17.1 Å². The van der Waals surface area contributed by atoms with Gasteiger partial charge in [0.25, 0.3) is 0 Å². The van der Waals surface area contributed by atoms with E-state index >= 15 is 0 Å². The second kappa shape index (κ2) is 13.6. The maximum Gasteiger partial charge on any atom is 0.335 e. The molecule has 0 aromatic carbocycles. The predicted octanol–water partition coefficient (Wildman–Crippen LogP) is 5.14. The lowest BCUT2D eigenvalue weighted by atomic mass is 9.98. The summed E-state index contributed by atoms with van der Waals surface area (Å²) in [5.41, 5.74) is 0.481. The van der Waals surface area contributed by atoms with Crippen LogP contribution in [0.2, 0.25) is 0 Å². The molecule has 1 N–H and O–H groups in total. The summed E-state index contributed by atoms with van der Waals surface area (Å²) in [4.78, 5) is 20.2. The highest BCUT2D eigenvalue weighted by molar-refractivity contribution is 5.84. The molecule has 0 rings (SSSR count). The van der Waals surface area contributed by atoms with Crippen molar-refractivity contribution in [3.05, 3.63) is 49.3 Å². The van der Waals surface area contributed by atoms with Crippen molar-refractivity contribution in [1.29, 1.82) is 0 Å². The average molecular weight is 324 g/mol. The van der Waals surface area contributed by atoms with Gasteiger partial charge in [-0.05, 0) is 31.3 Å². The number of rotatable bonds is 4. The molecule has 0 radical (unpaired) electrons. The normalized spacial score (nSPS) is 10.3. The molecular weight excluding hydrogens is 292 g/mol. The van der Waals surface area contributed by atoms with Crippen LogP contribution in [0.25, 0.3) is 0 Å². The van der Waals surface area contributed by atoms with Crippen molar-refractivity contribution in [3.63, 3.8) is 0 Å². The van der Waals surface area contributed by atoms with Crippen molar-refractivity contribution in [2.45, 2.75) is 48.5 Å². The van der Waals surface area contributed by atoms with Gasteiger partial charge in [0.2, 0.25) is 0 Å². The van der Waals surface area contributed by atoms with Crippen molar-refractivity contribution in [3.8, 4) is 0 Å². The van der Waals surface area contributed by atoms with Gasteiger partial charge in [-0.15, -0.1) is 6.58 Å². The smallest absolute Gasteiger partial charge is 0.335 e. The molecule has 23 heavy (non-hydrogen) atoms. The first kappa shape index (κ1) is 25.8. The highest BCUT2D eigenvalue weighted by Gasteiger charge is 1.99. The molecule has 0 bridgehead atoms. The minimum atomic E-state index is -0.935. The van der Waals surface area contributed by atoms with Crippen LogP contribution in [0.3, 0.4) is 0 Å². The first-order chi connectivity index (χ1) is 10.3. The third kappa shape index (κ3) is 28.7. The Kier molecular flexibility index (Phi) is 15.2. The summed E-state index contributed by atoms with van der Waals surface area (Å²) >= 11 is 0. The number of esters is 1. The standard InChI is InChI=1S/C9H14O2.C6H12.C4H6O2/c1-5-9(10)11-8(4)6-7(2)3;1-5-6(2,3)4;1-3(2)4(5)6/h5-7H,1H2,2-4H3;5H,1H2,2-4H3;1H2,2H3,(H,5,6). The van der Waals surface area contributed by atoms with Crippen LogP contribution in [0, 0.1) is 11.3 Å². The highest BCUT2D eigenvalue weighted by atomic mass is 16.5. The van der Waals surface area contributed by atoms with E-state index in [-0.39, 0.29) is 5.57 Å². The molecule has 0 atom stereocenters. The first-order valence-electron chi connectivity index (χ1n) is 7.31. The van der Waals surface area contributed by atoms with E-state index in [0.717, 1.165) is 6.08 Å². The Bertz CT molecular complexity index is 423. The molecule has 0 saturated heterocycles. The molecule has 0 aromatic heterocycles. The van der Waals surface area contributed by atoms with Gasteiger partial charge in [0.15, 0.2) is 0 Å². The van der Waals surface area contributed by atoms with Crippen LogP contribution in [-0.2, 0) is 14.3 Å². The Hall–Kier alpha value is -2.10. The highest BCUT2D eigenvalue weighted by Crippen LogP contribution is 2.11. The van der Waals surface area contributed by atoms with Crippen molar-refractivity contribution in [1.82, 2.24) is 0 Å². The zero-order valence-corrected chi connectivity index (χ0v) is 15.6. The van der Waals surface area contributed by atoms with E-state index in [1.165, 1.54) is 6.92 Å². The Morgan fingerprint density at radius 1 is 1.13 bits per heavy atom. The number of hydrogen-bond donors (Lipinski definition) is 1. The Balaban J connectivity index is -0.000000284. The molecule has 4 heteroatoms. The van der Waals surface area contributed by atoms with Gasteiger partial charge in [0.1, 0.15) is 5.76 Å². The zero-order valence-electron chi connectivity index (χ0n) is 15.6. The van der Waals surface area contributed by atoms with Crippen molar-refractivity contribution in [2.24, 2.45) is 11.3 Å². The third-order valence-corrected chi connectivity index (χ3v) is 1.97. The number of allylic oxidation sites excluding steroid dienone is 3. The van der Waals surface area contributed by atoms with Gasteiger partial charge in [0.05, 0.1) is 0 Å². The molecule has 0 spiro atoms. The lowest BCUT2D eigenvalue weighted by Crippen LogP contribution is -1.98. The molecule has 0 amide bonds. The zero-order chi connectivity index (χ0) is 19.2. The molecule has 0 aliphatic carbocycles. The third-order valence-electron chi connectivity index (χ3n) is 1.97. The van der Waals surface area contributed by atoms with Crippen LogP contribution < -0.4 is 0 Å². The van der Waals surface area contributed by atoms with Gasteiger partial charge >= 0.3 is 11.9 Å². The van der Waals surface area contributed by atoms with Gasteiger partial charge in [-0.2, -0.15) is 0 Å². The van der Waals surface area contributed by atoms with E-state index in [2.05, 4.69) is 40.5 Å². The van der Waals surface area contributed by atoms with Gasteiger partial charge in [0, 0.05) is 11.6 Å². The molecule has 0 fully saturated rings. The number of hydrogen-bond acceptors (Lipinski definition) is 3. The molecule has 0 heterocycles. The van der Waals surface area contributed by atoms with E-state index in [4.69, 9.17) is 9.84 Å². The fourth-order valence-electron chi connectivity index (χ4n) is 0.704. The largest absolute Gasteiger partial charge is 0.478 e. The lowest BCUT2D eigenvalue weighted by molar-refractivity contribution is -0.134. The molecule has 0 aliphatic heterocycles. The average Bonchev–Trinajstić information content (AvgIpc) is 2.37. The number of carbonyl (C=O) groups is 2. The molecular formula is C19H32O4. The topological polar surface area (TPSA) is 63.6 Å². The molecule has 0 saturated carbocycles. The van der Waals surface area contributed by atoms with E-state index in [1.54, 1.807) is 6.92 Å². The van der Waals surface area contributed by atoms with Crippen LogP contribution in [0.15, 0.2) is 49.3 Å². The van der Waals surface area contributed by atoms with E-state index in [1.807, 2.05) is 26.0 Å². The summed E-state index contributed by atoms with van der Waals surface area (Å²) in [6.07, 6.45) is 4.96. The summed E-state index contributed by atoms with van der Waals surface area (Å²) in [7, 11) is 0. The van der Waals surface area contributed by atoms with Crippen molar-refractivity contribution in [2.75, 3.05) is 0 Å². The maximum absolute atomic E-state index is 10.6. The summed E-state index contributed by atoms with van der Waals surface area (Å²) in [6.45, 7) is 23.7. The second-order valence-corrected chi connectivity index (χ2v) is 6.30. The van der Waals surface area contributed by atoms with E-state index in [9.17, 15) is 9.59 Å². The van der Waals surface area contributed by atoms with E-state index < -0.39 is 11.9 Å². The van der Waals surface area contributed by atoms with Crippen LogP contribution in [0.1, 0.15) is 48.5 Å². The fraction of sp³-hybridized carbons (Fsp3) is 0.474. The van der Waals surface area contributed by atoms with Crippen LogP contribution in [0.4, 0.5) is 0 Å². The Labute approximate surface area is 141 Å². The molecule has 0 aliphatic rings. The Morgan fingerprint density at radius 3 is 1.65 bits per heavy atom. The number of carboxylic acids is 1. The number of carbonyl (C=O) groups excluding carboxylic acids is 1. The monoisotopic (exact) mass is 324 g/mol. The van der Waals surface area contributed by atoms with Gasteiger partial charge in [-0.25, -0.2) is 9.59 Å². The van der Waals surface area contributed by atoms with Crippen LogP contribution >= 0.6 is 0 Å². The second-order valence-electron chi connectivity index (χ2n) is 6.30. The molecule has 0 unspecified atom stereocenters. The SMILES string of the molecule is C=C(C)C(=O)O.C=CC(=O)OC(C)=CC(C)C.C=CC(C)(C)C. The number of carboxylic acid groups (broad SMARTS) is 1. The summed E-state index contributed by atoms with van der Waals surface area (Å²) in [6, 6.07) is 0. The van der Waals surface area contributed by atoms with Gasteiger partial charge in [-0.3, -0.25) is 0 Å². The van der Waals surface area contributed by atoms with Gasteiger partial charge < -0.3 is 9.84 Å². The Morgan fingerprint density at radius 2 is 1.48 bits per heavy atom. The summed E-state index contributed by atoms with van der Waals surface area (Å²) in [5.74, 6) is -0.313. The van der Waals surface area contributed by atoms with Crippen molar-refractivity contribution < 1.29 is 19.4 Å². The lowest BCUT2D eigenvalue weighted by Gasteiger charge is -2.08. The minimum Gasteiger partial charge on any atom is -0.478 e. The molecule has 4 nitrogen and oxygen atoms in total. The van der Waals surface area contributed by atoms with Crippen molar-refractivity contribution >= 4 is 11.9 Å². The van der Waals surface area contributed by atoms with Gasteiger partial charge in [-0.1, -0.05) is 53.9 Å².